The van der Waals surface area contributed by atoms with Gasteiger partial charge in [0.25, 0.3) is 0 Å². The van der Waals surface area contributed by atoms with Gasteiger partial charge in [-0.25, -0.2) is 4.79 Å². The summed E-state index contributed by atoms with van der Waals surface area (Å²) in [6.45, 7) is 4.78. The third kappa shape index (κ3) is 6.34. The zero-order chi connectivity index (χ0) is 20.6. The third-order valence-corrected chi connectivity index (χ3v) is 4.01. The molecule has 0 amide bonds. The van der Waals surface area contributed by atoms with Crippen LogP contribution in [0.1, 0.15) is 31.9 Å². The fraction of sp³-hybridized carbons (Fsp3) is 0.286. The second-order valence-electron chi connectivity index (χ2n) is 6.35. The quantitative estimate of drug-likeness (QED) is 0.733. The highest BCUT2D eigenvalue weighted by molar-refractivity contribution is 5.92. The smallest absolute Gasteiger partial charge is 0.334 e. The zero-order valence-electron chi connectivity index (χ0n) is 15.5. The number of carbonyl (C=O) groups excluding carboxylic acids is 1. The summed E-state index contributed by atoms with van der Waals surface area (Å²) in [5.74, 6) is -3.58. The molecule has 27 heavy (non-hydrogen) atoms. The van der Waals surface area contributed by atoms with Crippen molar-refractivity contribution in [2.45, 2.75) is 32.8 Å². The first-order valence-electron chi connectivity index (χ1n) is 8.38. The second kappa shape index (κ2) is 9.64. The molecular weight excluding hydrogens is 348 g/mol. The van der Waals surface area contributed by atoms with Crippen LogP contribution in [0, 0.1) is 5.92 Å². The molecule has 0 aromatic heterocycles. The van der Waals surface area contributed by atoms with Crippen molar-refractivity contribution >= 4 is 23.8 Å². The van der Waals surface area contributed by atoms with Gasteiger partial charge in [0, 0.05) is 6.42 Å². The van der Waals surface area contributed by atoms with Gasteiger partial charge in [-0.3, -0.25) is 9.59 Å². The Hall–Kier alpha value is -2.99. The van der Waals surface area contributed by atoms with E-state index in [1.54, 1.807) is 6.92 Å². The number of ketones is 1. The van der Waals surface area contributed by atoms with E-state index < -0.39 is 23.5 Å². The highest BCUT2D eigenvalue weighted by Gasteiger charge is 2.43. The van der Waals surface area contributed by atoms with E-state index in [0.29, 0.717) is 6.42 Å². The largest absolute Gasteiger partial charge is 0.481 e. The van der Waals surface area contributed by atoms with E-state index in [-0.39, 0.29) is 11.4 Å². The molecule has 3 N–H and O–H groups in total. The Kier molecular flexibility index (Phi) is 7.87. The summed E-state index contributed by atoms with van der Waals surface area (Å²) in [6, 6.07) is 8.05. The molecule has 6 heteroatoms. The Bertz CT molecular complexity index is 781. The molecule has 0 fully saturated rings. The number of Topliss-reactive ketones (excluding diaryl/α,β-unsaturated/α-hetero) is 1. The summed E-state index contributed by atoms with van der Waals surface area (Å²) >= 11 is 0. The van der Waals surface area contributed by atoms with Crippen LogP contribution >= 0.6 is 0 Å². The summed E-state index contributed by atoms with van der Waals surface area (Å²) in [6.07, 6.45) is 8.35. The maximum Gasteiger partial charge on any atom is 0.334 e. The van der Waals surface area contributed by atoms with Crippen molar-refractivity contribution in [3.8, 4) is 0 Å². The van der Waals surface area contributed by atoms with E-state index in [4.69, 9.17) is 10.2 Å². The van der Waals surface area contributed by atoms with Crippen LogP contribution in [0.15, 0.2) is 54.1 Å². The fourth-order valence-corrected chi connectivity index (χ4v) is 2.62. The molecule has 0 bridgehead atoms. The van der Waals surface area contributed by atoms with Crippen molar-refractivity contribution < 1.29 is 29.7 Å². The van der Waals surface area contributed by atoms with Crippen LogP contribution < -0.4 is 0 Å². The predicted octanol–water partition coefficient (Wildman–Crippen LogP) is 2.87. The van der Waals surface area contributed by atoms with Gasteiger partial charge >= 0.3 is 11.9 Å². The van der Waals surface area contributed by atoms with Crippen molar-refractivity contribution in [3.63, 3.8) is 0 Å². The predicted molar refractivity (Wildman–Crippen MR) is 102 cm³/mol. The Morgan fingerprint density at radius 1 is 1.15 bits per heavy atom. The van der Waals surface area contributed by atoms with Gasteiger partial charge in [0.15, 0.2) is 0 Å². The first-order valence-corrected chi connectivity index (χ1v) is 8.38. The number of aliphatic carboxylic acids is 2. The summed E-state index contributed by atoms with van der Waals surface area (Å²) in [4.78, 5) is 32.2. The monoisotopic (exact) mass is 372 g/mol. The van der Waals surface area contributed by atoms with Crippen molar-refractivity contribution in [1.29, 1.82) is 0 Å². The Balaban J connectivity index is 0.000000271. The number of carboxylic acids is 2. The summed E-state index contributed by atoms with van der Waals surface area (Å²) < 4.78 is 0. The molecule has 144 valence electrons. The Morgan fingerprint density at radius 2 is 1.74 bits per heavy atom. The third-order valence-electron chi connectivity index (χ3n) is 4.01. The SMILES string of the molecule is CC1(O)C(C(=O)O)=CC=CC1C(=O)O.CC=Cc1ccc(CC(C)=O)cc1. The lowest BCUT2D eigenvalue weighted by Crippen LogP contribution is -2.43. The van der Waals surface area contributed by atoms with E-state index >= 15 is 0 Å². The summed E-state index contributed by atoms with van der Waals surface area (Å²) in [5, 5.41) is 27.2. The van der Waals surface area contributed by atoms with Gasteiger partial charge in [0.2, 0.25) is 0 Å². The molecule has 2 atom stereocenters. The summed E-state index contributed by atoms with van der Waals surface area (Å²) in [5.41, 5.74) is 0.0785. The molecule has 6 nitrogen and oxygen atoms in total. The maximum atomic E-state index is 10.8. The minimum Gasteiger partial charge on any atom is -0.481 e. The van der Waals surface area contributed by atoms with Crippen LogP contribution in [-0.2, 0) is 20.8 Å². The van der Waals surface area contributed by atoms with Gasteiger partial charge in [0.05, 0.1) is 5.57 Å². The molecular formula is C21H24O6. The van der Waals surface area contributed by atoms with Gasteiger partial charge in [-0.15, -0.1) is 0 Å². The molecule has 0 spiro atoms. The van der Waals surface area contributed by atoms with Crippen LogP contribution in [0.25, 0.3) is 6.08 Å². The van der Waals surface area contributed by atoms with E-state index in [0.717, 1.165) is 5.56 Å². The highest BCUT2D eigenvalue weighted by atomic mass is 16.4. The van der Waals surface area contributed by atoms with Gasteiger partial charge in [-0.2, -0.15) is 0 Å². The highest BCUT2D eigenvalue weighted by Crippen LogP contribution is 2.30. The van der Waals surface area contributed by atoms with Gasteiger partial charge < -0.3 is 15.3 Å². The minimum atomic E-state index is -1.87. The van der Waals surface area contributed by atoms with Crippen LogP contribution in [0.4, 0.5) is 0 Å². The molecule has 1 aliphatic rings. The van der Waals surface area contributed by atoms with Gasteiger partial charge in [-0.05, 0) is 38.0 Å². The zero-order valence-corrected chi connectivity index (χ0v) is 15.5. The number of allylic oxidation sites excluding steroid dienone is 3. The fourth-order valence-electron chi connectivity index (χ4n) is 2.62. The van der Waals surface area contributed by atoms with Crippen molar-refractivity contribution in [1.82, 2.24) is 0 Å². The van der Waals surface area contributed by atoms with E-state index in [1.165, 1.54) is 30.7 Å². The van der Waals surface area contributed by atoms with Crippen LogP contribution in [0.5, 0.6) is 0 Å². The number of carbonyl (C=O) groups is 3. The van der Waals surface area contributed by atoms with Crippen molar-refractivity contribution in [2.75, 3.05) is 0 Å². The van der Waals surface area contributed by atoms with Gasteiger partial charge in [-0.1, -0.05) is 48.6 Å². The Morgan fingerprint density at radius 3 is 2.19 bits per heavy atom. The molecule has 1 aromatic rings. The molecule has 2 rings (SSSR count). The van der Waals surface area contributed by atoms with Crippen molar-refractivity contribution in [2.24, 2.45) is 5.92 Å². The lowest BCUT2D eigenvalue weighted by Gasteiger charge is -2.30. The molecule has 1 aromatic carbocycles. The maximum absolute atomic E-state index is 10.8. The molecule has 0 aliphatic heterocycles. The lowest BCUT2D eigenvalue weighted by molar-refractivity contribution is -0.147. The number of aliphatic hydroxyl groups is 1. The van der Waals surface area contributed by atoms with E-state index in [1.807, 2.05) is 43.3 Å². The molecule has 0 saturated carbocycles. The number of carboxylic acid groups (broad SMARTS) is 2. The molecule has 1 aliphatic carbocycles. The molecule has 0 saturated heterocycles. The minimum absolute atomic E-state index is 0.207. The van der Waals surface area contributed by atoms with E-state index in [2.05, 4.69) is 0 Å². The first-order chi connectivity index (χ1) is 12.6. The van der Waals surface area contributed by atoms with Crippen molar-refractivity contribution in [3.05, 3.63) is 65.3 Å². The molecule has 0 heterocycles. The Labute approximate surface area is 158 Å². The lowest BCUT2D eigenvalue weighted by atomic mass is 9.79. The van der Waals surface area contributed by atoms with Crippen LogP contribution in [0.2, 0.25) is 0 Å². The summed E-state index contributed by atoms with van der Waals surface area (Å²) in [7, 11) is 0. The van der Waals surface area contributed by atoms with Crippen LogP contribution in [-0.4, -0.2) is 38.6 Å². The number of hydrogen-bond acceptors (Lipinski definition) is 4. The second-order valence-corrected chi connectivity index (χ2v) is 6.35. The number of benzene rings is 1. The number of rotatable bonds is 5. The average molecular weight is 372 g/mol. The standard InChI is InChI=1S/C12H14O.C9H10O5/c1-3-4-11-5-7-12(8-6-11)9-10(2)13;1-9(14)5(7(10)11)3-2-4-6(9)8(12)13/h3-8H,9H2,1-2H3;2-5,14H,1H3,(H,10,11)(H,12,13). The topological polar surface area (TPSA) is 112 Å². The van der Waals surface area contributed by atoms with Crippen LogP contribution in [0.3, 0.4) is 0 Å². The number of hydrogen-bond donors (Lipinski definition) is 3. The van der Waals surface area contributed by atoms with Gasteiger partial charge in [0.1, 0.15) is 17.3 Å². The molecule has 2 unspecified atom stereocenters. The normalized spacial score (nSPS) is 21.2. The molecule has 0 radical (unpaired) electrons. The van der Waals surface area contributed by atoms with E-state index in [9.17, 15) is 19.5 Å². The first kappa shape index (κ1) is 22.1. The average Bonchev–Trinajstić information content (AvgIpc) is 2.55.